The van der Waals surface area contributed by atoms with Crippen molar-refractivity contribution in [1.82, 2.24) is 0 Å². The van der Waals surface area contributed by atoms with Crippen molar-refractivity contribution in [2.45, 2.75) is 12.1 Å². The van der Waals surface area contributed by atoms with Gasteiger partial charge < -0.3 is 10.5 Å². The Kier molecular flexibility index (Phi) is 6.56. The van der Waals surface area contributed by atoms with Crippen LogP contribution in [-0.4, -0.2) is 17.7 Å². The maximum Gasteiger partial charge on any atom is 0.573 e. The lowest BCUT2D eigenvalue weighted by atomic mass is 10.2. The van der Waals surface area contributed by atoms with Gasteiger partial charge in [0.05, 0.1) is 11.8 Å². The summed E-state index contributed by atoms with van der Waals surface area (Å²) < 4.78 is 67.1. The molecule has 0 spiro atoms. The number of alkyl halides is 3. The summed E-state index contributed by atoms with van der Waals surface area (Å²) in [5.41, 5.74) is 5.96. The summed E-state index contributed by atoms with van der Waals surface area (Å²) in [6, 6.07) is 10.2. The quantitative estimate of drug-likeness (QED) is 0.356. The van der Waals surface area contributed by atoms with Gasteiger partial charge in [-0.3, -0.25) is 0 Å². The Bertz CT molecular complexity index is 786. The van der Waals surface area contributed by atoms with E-state index < -0.39 is 29.3 Å². The van der Waals surface area contributed by atoms with Crippen LogP contribution < -0.4 is 10.5 Å². The molecular formula is C16H12F5N3OS. The van der Waals surface area contributed by atoms with Gasteiger partial charge in [-0.1, -0.05) is 42.1 Å². The van der Waals surface area contributed by atoms with E-state index in [9.17, 15) is 22.0 Å². The minimum atomic E-state index is -5.05. The summed E-state index contributed by atoms with van der Waals surface area (Å²) in [5.74, 6) is -3.04. The summed E-state index contributed by atoms with van der Waals surface area (Å²) in [4.78, 5) is 0. The Morgan fingerprint density at radius 1 is 1.12 bits per heavy atom. The van der Waals surface area contributed by atoms with Crippen molar-refractivity contribution in [3.05, 3.63) is 65.2 Å². The van der Waals surface area contributed by atoms with Crippen LogP contribution in [0.3, 0.4) is 0 Å². The van der Waals surface area contributed by atoms with Crippen molar-refractivity contribution in [2.24, 2.45) is 15.9 Å². The normalized spacial score (nSPS) is 12.6. The minimum Gasteiger partial charge on any atom is -0.406 e. The molecule has 0 radical (unpaired) electrons. The molecule has 2 aromatic rings. The first-order valence-corrected chi connectivity index (χ1v) is 8.01. The topological polar surface area (TPSA) is 60.0 Å². The van der Waals surface area contributed by atoms with Gasteiger partial charge in [0.2, 0.25) is 0 Å². The number of benzene rings is 2. The van der Waals surface area contributed by atoms with Crippen molar-refractivity contribution in [3.63, 3.8) is 0 Å². The molecule has 0 heterocycles. The maximum atomic E-state index is 13.7. The number of hydrogen-bond acceptors (Lipinski definition) is 4. The van der Waals surface area contributed by atoms with Crippen LogP contribution in [0.2, 0.25) is 0 Å². The first kappa shape index (κ1) is 19.7. The van der Waals surface area contributed by atoms with E-state index in [1.54, 1.807) is 0 Å². The van der Waals surface area contributed by atoms with E-state index in [0.717, 1.165) is 23.5 Å². The lowest BCUT2D eigenvalue weighted by Crippen LogP contribution is -2.17. The number of amidine groups is 1. The fourth-order valence-electron chi connectivity index (χ4n) is 1.78. The van der Waals surface area contributed by atoms with E-state index in [0.29, 0.717) is 17.9 Å². The van der Waals surface area contributed by atoms with E-state index in [1.807, 2.05) is 30.3 Å². The molecule has 0 atom stereocenters. The Balaban J connectivity index is 2.02. The molecule has 0 aromatic heterocycles. The molecule has 26 heavy (non-hydrogen) atoms. The highest BCUT2D eigenvalue weighted by Gasteiger charge is 2.31. The zero-order valence-electron chi connectivity index (χ0n) is 13.0. The first-order chi connectivity index (χ1) is 12.2. The van der Waals surface area contributed by atoms with Gasteiger partial charge >= 0.3 is 6.36 Å². The monoisotopic (exact) mass is 389 g/mol. The molecule has 0 unspecified atom stereocenters. The van der Waals surface area contributed by atoms with Gasteiger partial charge in [0.1, 0.15) is 17.4 Å². The Hall–Kier alpha value is -2.62. The van der Waals surface area contributed by atoms with E-state index >= 15 is 0 Å². The molecule has 2 N–H and O–H groups in total. The lowest BCUT2D eigenvalue weighted by Gasteiger charge is -2.09. The molecule has 0 aliphatic rings. The number of nitrogens with zero attached hydrogens (tertiary/aromatic N) is 2. The second-order valence-corrected chi connectivity index (χ2v) is 5.80. The molecule has 0 saturated heterocycles. The third kappa shape index (κ3) is 6.36. The summed E-state index contributed by atoms with van der Waals surface area (Å²) in [5, 5.41) is 7.09. The van der Waals surface area contributed by atoms with E-state index in [4.69, 9.17) is 5.73 Å². The van der Waals surface area contributed by atoms with Crippen molar-refractivity contribution < 1.29 is 26.7 Å². The average molecular weight is 389 g/mol. The van der Waals surface area contributed by atoms with Crippen molar-refractivity contribution in [3.8, 4) is 5.75 Å². The van der Waals surface area contributed by atoms with Crippen LogP contribution >= 0.6 is 11.8 Å². The van der Waals surface area contributed by atoms with E-state index in [1.165, 1.54) is 0 Å². The van der Waals surface area contributed by atoms with Crippen LogP contribution in [0, 0.1) is 11.6 Å². The summed E-state index contributed by atoms with van der Waals surface area (Å²) in [6.07, 6.45) is -4.33. The van der Waals surface area contributed by atoms with E-state index in [2.05, 4.69) is 14.9 Å². The molecule has 2 aromatic carbocycles. The van der Waals surface area contributed by atoms with Crippen molar-refractivity contribution in [1.29, 1.82) is 0 Å². The molecule has 0 aliphatic heterocycles. The first-order valence-electron chi connectivity index (χ1n) is 7.02. The third-order valence-electron chi connectivity index (χ3n) is 2.86. The Morgan fingerprint density at radius 2 is 1.73 bits per heavy atom. The predicted molar refractivity (Wildman–Crippen MR) is 90.0 cm³/mol. The fraction of sp³-hybridized carbons (Fsp3) is 0.125. The number of halogens is 5. The smallest absolute Gasteiger partial charge is 0.406 e. The zero-order valence-corrected chi connectivity index (χ0v) is 13.8. The number of hydrogen-bond donors (Lipinski definition) is 1. The highest BCUT2D eigenvalue weighted by molar-refractivity contribution is 8.13. The minimum absolute atomic E-state index is 0.0583. The number of rotatable bonds is 5. The number of thioether (sulfide) groups is 1. The lowest BCUT2D eigenvalue weighted by molar-refractivity contribution is -0.274. The largest absolute Gasteiger partial charge is 0.573 e. The van der Waals surface area contributed by atoms with Crippen LogP contribution in [-0.2, 0) is 5.75 Å². The maximum absolute atomic E-state index is 13.7. The van der Waals surface area contributed by atoms with Gasteiger partial charge in [-0.2, -0.15) is 5.10 Å². The molecule has 0 fully saturated rings. The summed E-state index contributed by atoms with van der Waals surface area (Å²) >= 11 is 1.16. The molecule has 138 valence electrons. The molecule has 2 rings (SSSR count). The number of nitrogens with two attached hydrogens (primary N) is 1. The molecule has 0 amide bonds. The molecule has 0 bridgehead atoms. The third-order valence-corrected chi connectivity index (χ3v) is 3.71. The number of ether oxygens (including phenoxy) is 1. The van der Waals surface area contributed by atoms with Crippen LogP contribution in [0.4, 0.5) is 22.0 Å². The molecule has 10 heteroatoms. The predicted octanol–water partition coefficient (Wildman–Crippen LogP) is 4.45. The zero-order chi connectivity index (χ0) is 19.2. The van der Waals surface area contributed by atoms with Gasteiger partial charge in [-0.25, -0.2) is 8.78 Å². The molecule has 0 saturated carbocycles. The Labute approximate surface area is 149 Å². The Morgan fingerprint density at radius 3 is 2.31 bits per heavy atom. The van der Waals surface area contributed by atoms with Gasteiger partial charge in [0.25, 0.3) is 0 Å². The fourth-order valence-corrected chi connectivity index (χ4v) is 2.39. The van der Waals surface area contributed by atoms with Crippen molar-refractivity contribution >= 4 is 23.1 Å². The van der Waals surface area contributed by atoms with Gasteiger partial charge in [0.15, 0.2) is 5.17 Å². The van der Waals surface area contributed by atoms with Crippen LogP contribution in [0.1, 0.15) is 11.1 Å². The second-order valence-electron chi connectivity index (χ2n) is 4.81. The standard InChI is InChI=1S/C16H12F5N3OS/c17-13-6-11(25-16(19,20)21)7-14(18)12(13)8-23-24-15(22)26-9-10-4-2-1-3-5-10/h1-8H,9H2,(H2,22,24). The molecular weight excluding hydrogens is 377 g/mol. The highest BCUT2D eigenvalue weighted by atomic mass is 32.2. The second kappa shape index (κ2) is 8.65. The van der Waals surface area contributed by atoms with Crippen LogP contribution in [0.25, 0.3) is 0 Å². The van der Waals surface area contributed by atoms with Crippen LogP contribution in [0.5, 0.6) is 5.75 Å². The molecule has 0 aliphatic carbocycles. The van der Waals surface area contributed by atoms with Crippen molar-refractivity contribution in [2.75, 3.05) is 0 Å². The van der Waals surface area contributed by atoms with E-state index in [-0.39, 0.29) is 5.17 Å². The van der Waals surface area contributed by atoms with Gasteiger partial charge in [0, 0.05) is 17.9 Å². The summed E-state index contributed by atoms with van der Waals surface area (Å²) in [6.45, 7) is 0. The molecule has 4 nitrogen and oxygen atoms in total. The van der Waals surface area contributed by atoms with Crippen LogP contribution in [0.15, 0.2) is 52.7 Å². The average Bonchev–Trinajstić information content (AvgIpc) is 2.55. The highest BCUT2D eigenvalue weighted by Crippen LogP contribution is 2.26. The summed E-state index contributed by atoms with van der Waals surface area (Å²) in [7, 11) is 0. The van der Waals surface area contributed by atoms with Gasteiger partial charge in [-0.15, -0.1) is 18.3 Å². The van der Waals surface area contributed by atoms with Gasteiger partial charge in [-0.05, 0) is 5.56 Å². The SMILES string of the molecule is NC(=NN=Cc1c(F)cc(OC(F)(F)F)cc1F)SCc1ccccc1.